The third-order valence-electron chi connectivity index (χ3n) is 2.18. The Morgan fingerprint density at radius 3 is 3.00 bits per heavy atom. The van der Waals surface area contributed by atoms with Gasteiger partial charge in [0.2, 0.25) is 0 Å². The minimum atomic E-state index is 0.654. The zero-order valence-corrected chi connectivity index (χ0v) is 8.67. The summed E-state index contributed by atoms with van der Waals surface area (Å²) in [6.45, 7) is 1.43. The number of hydrogen-bond acceptors (Lipinski definition) is 4. The maximum absolute atomic E-state index is 8.88. The van der Waals surface area contributed by atoms with Crippen molar-refractivity contribution in [3.8, 4) is 6.07 Å². The van der Waals surface area contributed by atoms with E-state index in [1.54, 1.807) is 23.1 Å². The normalized spacial score (nSPS) is 9.69. The van der Waals surface area contributed by atoms with Gasteiger partial charge in [-0.2, -0.15) is 5.26 Å². The standard InChI is InChI=1S/C11H11N5/c12-9-10-3-1-2-4-11(10)13-5-7-16-8-6-14-15-16/h1-4,6,8,13H,5,7H2. The maximum Gasteiger partial charge on any atom is 0.101 e. The molecule has 0 atom stereocenters. The van der Waals surface area contributed by atoms with E-state index in [9.17, 15) is 0 Å². The van der Waals surface area contributed by atoms with E-state index in [1.807, 2.05) is 18.2 Å². The molecule has 0 radical (unpaired) electrons. The van der Waals surface area contributed by atoms with Gasteiger partial charge in [-0.15, -0.1) is 5.10 Å². The number of benzene rings is 1. The van der Waals surface area contributed by atoms with E-state index in [1.165, 1.54) is 0 Å². The molecule has 1 N–H and O–H groups in total. The SMILES string of the molecule is N#Cc1ccccc1NCCn1ccnn1. The van der Waals surface area contributed by atoms with Crippen molar-refractivity contribution in [2.45, 2.75) is 6.54 Å². The van der Waals surface area contributed by atoms with Crippen LogP contribution in [-0.2, 0) is 6.54 Å². The van der Waals surface area contributed by atoms with E-state index in [-0.39, 0.29) is 0 Å². The number of anilines is 1. The lowest BCUT2D eigenvalue weighted by molar-refractivity contribution is 0.609. The lowest BCUT2D eigenvalue weighted by Gasteiger charge is -2.07. The highest BCUT2D eigenvalue weighted by Gasteiger charge is 1.99. The summed E-state index contributed by atoms with van der Waals surface area (Å²) in [5, 5.41) is 19.6. The lowest BCUT2D eigenvalue weighted by Crippen LogP contribution is -2.11. The van der Waals surface area contributed by atoms with Crippen molar-refractivity contribution in [2.24, 2.45) is 0 Å². The fourth-order valence-corrected chi connectivity index (χ4v) is 1.39. The van der Waals surface area contributed by atoms with E-state index in [0.29, 0.717) is 12.1 Å². The molecule has 16 heavy (non-hydrogen) atoms. The van der Waals surface area contributed by atoms with E-state index >= 15 is 0 Å². The van der Waals surface area contributed by atoms with Gasteiger partial charge in [-0.05, 0) is 12.1 Å². The van der Waals surface area contributed by atoms with Crippen LogP contribution in [0.3, 0.4) is 0 Å². The molecular weight excluding hydrogens is 202 g/mol. The average Bonchev–Trinajstić information content (AvgIpc) is 2.83. The molecule has 5 heteroatoms. The number of para-hydroxylation sites is 1. The molecule has 1 aromatic carbocycles. The minimum absolute atomic E-state index is 0.654. The molecule has 2 rings (SSSR count). The highest BCUT2D eigenvalue weighted by Crippen LogP contribution is 2.12. The molecule has 5 nitrogen and oxygen atoms in total. The molecule has 0 bridgehead atoms. The molecule has 0 saturated carbocycles. The number of nitriles is 1. The Kier molecular flexibility index (Phi) is 3.14. The molecule has 0 aliphatic rings. The summed E-state index contributed by atoms with van der Waals surface area (Å²) >= 11 is 0. The fraction of sp³-hybridized carbons (Fsp3) is 0.182. The summed E-state index contributed by atoms with van der Waals surface area (Å²) in [4.78, 5) is 0. The quantitative estimate of drug-likeness (QED) is 0.830. The Bertz CT molecular complexity index is 483. The minimum Gasteiger partial charge on any atom is -0.382 e. The van der Waals surface area contributed by atoms with Crippen LogP contribution >= 0.6 is 0 Å². The van der Waals surface area contributed by atoms with Gasteiger partial charge in [0.05, 0.1) is 24.0 Å². The maximum atomic E-state index is 8.88. The monoisotopic (exact) mass is 213 g/mol. The fourth-order valence-electron chi connectivity index (χ4n) is 1.39. The van der Waals surface area contributed by atoms with Crippen molar-refractivity contribution in [2.75, 3.05) is 11.9 Å². The van der Waals surface area contributed by atoms with Crippen LogP contribution in [-0.4, -0.2) is 21.5 Å². The predicted octanol–water partition coefficient (Wildman–Crippen LogP) is 1.26. The van der Waals surface area contributed by atoms with Crippen LogP contribution in [0.15, 0.2) is 36.7 Å². The van der Waals surface area contributed by atoms with Gasteiger partial charge in [-0.3, -0.25) is 4.68 Å². The zero-order chi connectivity index (χ0) is 11.2. The van der Waals surface area contributed by atoms with Crippen molar-refractivity contribution >= 4 is 5.69 Å². The van der Waals surface area contributed by atoms with Crippen LogP contribution in [0.2, 0.25) is 0 Å². The van der Waals surface area contributed by atoms with Crippen LogP contribution < -0.4 is 5.32 Å². The summed E-state index contributed by atoms with van der Waals surface area (Å²) < 4.78 is 1.74. The molecule has 2 aromatic rings. The van der Waals surface area contributed by atoms with Crippen LogP contribution in [0.4, 0.5) is 5.69 Å². The Morgan fingerprint density at radius 1 is 1.38 bits per heavy atom. The average molecular weight is 213 g/mol. The second-order valence-corrected chi connectivity index (χ2v) is 3.25. The molecular formula is C11H11N5. The van der Waals surface area contributed by atoms with E-state index in [2.05, 4.69) is 21.7 Å². The summed E-state index contributed by atoms with van der Waals surface area (Å²) in [5.41, 5.74) is 1.51. The topological polar surface area (TPSA) is 66.5 Å². The number of nitrogens with zero attached hydrogens (tertiary/aromatic N) is 4. The van der Waals surface area contributed by atoms with Gasteiger partial charge in [0, 0.05) is 12.7 Å². The number of hydrogen-bond donors (Lipinski definition) is 1. The first-order valence-electron chi connectivity index (χ1n) is 4.97. The molecule has 0 saturated heterocycles. The predicted molar refractivity (Wildman–Crippen MR) is 59.7 cm³/mol. The summed E-state index contributed by atoms with van der Waals surface area (Å²) in [6, 6.07) is 9.57. The molecule has 0 aliphatic carbocycles. The third kappa shape index (κ3) is 2.36. The van der Waals surface area contributed by atoms with Crippen molar-refractivity contribution < 1.29 is 0 Å². The van der Waals surface area contributed by atoms with Gasteiger partial charge in [-0.25, -0.2) is 0 Å². The number of aromatic nitrogens is 3. The largest absolute Gasteiger partial charge is 0.382 e. The molecule has 0 fully saturated rings. The highest BCUT2D eigenvalue weighted by molar-refractivity contribution is 5.56. The van der Waals surface area contributed by atoms with Crippen molar-refractivity contribution in [3.05, 3.63) is 42.2 Å². The summed E-state index contributed by atoms with van der Waals surface area (Å²) in [6.07, 6.45) is 3.45. The third-order valence-corrected chi connectivity index (χ3v) is 2.18. The summed E-state index contributed by atoms with van der Waals surface area (Å²) in [5.74, 6) is 0. The van der Waals surface area contributed by atoms with Gasteiger partial charge < -0.3 is 5.32 Å². The van der Waals surface area contributed by atoms with Crippen molar-refractivity contribution in [1.82, 2.24) is 15.0 Å². The number of nitrogens with one attached hydrogen (secondary N) is 1. The number of rotatable bonds is 4. The van der Waals surface area contributed by atoms with Crippen LogP contribution in [0.1, 0.15) is 5.56 Å². The Balaban J connectivity index is 1.93. The van der Waals surface area contributed by atoms with Gasteiger partial charge >= 0.3 is 0 Å². The smallest absolute Gasteiger partial charge is 0.101 e. The van der Waals surface area contributed by atoms with Crippen LogP contribution in [0, 0.1) is 11.3 Å². The second-order valence-electron chi connectivity index (χ2n) is 3.25. The summed E-state index contributed by atoms with van der Waals surface area (Å²) in [7, 11) is 0. The Morgan fingerprint density at radius 2 is 2.25 bits per heavy atom. The highest BCUT2D eigenvalue weighted by atomic mass is 15.4. The second kappa shape index (κ2) is 4.94. The Labute approximate surface area is 93.3 Å². The van der Waals surface area contributed by atoms with E-state index < -0.39 is 0 Å². The van der Waals surface area contributed by atoms with E-state index in [4.69, 9.17) is 5.26 Å². The first kappa shape index (κ1) is 10.2. The van der Waals surface area contributed by atoms with E-state index in [0.717, 1.165) is 12.2 Å². The first-order valence-corrected chi connectivity index (χ1v) is 4.97. The Hall–Kier alpha value is -2.35. The molecule has 0 aliphatic heterocycles. The van der Waals surface area contributed by atoms with Gasteiger partial charge in [0.25, 0.3) is 0 Å². The van der Waals surface area contributed by atoms with Crippen LogP contribution in [0.25, 0.3) is 0 Å². The first-order chi connectivity index (χ1) is 7.90. The molecule has 0 unspecified atom stereocenters. The van der Waals surface area contributed by atoms with Crippen molar-refractivity contribution in [1.29, 1.82) is 5.26 Å². The zero-order valence-electron chi connectivity index (χ0n) is 8.67. The molecule has 0 spiro atoms. The van der Waals surface area contributed by atoms with Gasteiger partial charge in [0.1, 0.15) is 6.07 Å². The lowest BCUT2D eigenvalue weighted by atomic mass is 10.2. The van der Waals surface area contributed by atoms with Gasteiger partial charge in [0.15, 0.2) is 0 Å². The molecule has 0 amide bonds. The van der Waals surface area contributed by atoms with Crippen molar-refractivity contribution in [3.63, 3.8) is 0 Å². The molecule has 1 heterocycles. The molecule has 80 valence electrons. The molecule has 1 aromatic heterocycles. The van der Waals surface area contributed by atoms with Crippen LogP contribution in [0.5, 0.6) is 0 Å². The van der Waals surface area contributed by atoms with Gasteiger partial charge in [-0.1, -0.05) is 17.3 Å².